The fourth-order valence-corrected chi connectivity index (χ4v) is 2.97. The molecule has 1 saturated heterocycles. The summed E-state index contributed by atoms with van der Waals surface area (Å²) in [5, 5.41) is 5.69. The van der Waals surface area contributed by atoms with Crippen LogP contribution in [-0.2, 0) is 6.54 Å². The van der Waals surface area contributed by atoms with Crippen LogP contribution in [0.3, 0.4) is 0 Å². The molecule has 2 aromatic carbocycles. The first-order valence-corrected chi connectivity index (χ1v) is 8.77. The molecule has 0 aromatic heterocycles. The van der Waals surface area contributed by atoms with Crippen LogP contribution < -0.4 is 25.2 Å². The molecule has 3 amide bonds. The molecule has 0 saturated carbocycles. The highest BCUT2D eigenvalue weighted by molar-refractivity contribution is 5.99. The quantitative estimate of drug-likeness (QED) is 0.820. The molecule has 7 nitrogen and oxygen atoms in total. The lowest BCUT2D eigenvalue weighted by Crippen LogP contribution is -2.29. The van der Waals surface area contributed by atoms with E-state index in [4.69, 9.17) is 4.74 Å². The van der Waals surface area contributed by atoms with Crippen molar-refractivity contribution in [3.63, 3.8) is 0 Å². The van der Waals surface area contributed by atoms with Crippen LogP contribution in [0.1, 0.15) is 15.9 Å². The number of nitrogens with zero attached hydrogens (tertiary/aromatic N) is 2. The number of amides is 3. The summed E-state index contributed by atoms with van der Waals surface area (Å²) in [5.41, 5.74) is 3.17. The van der Waals surface area contributed by atoms with Crippen molar-refractivity contribution in [3.05, 3.63) is 53.6 Å². The smallest absolute Gasteiger partial charge is 0.322 e. The van der Waals surface area contributed by atoms with E-state index in [-0.39, 0.29) is 11.9 Å². The van der Waals surface area contributed by atoms with Crippen LogP contribution in [0.2, 0.25) is 0 Å². The molecule has 0 unspecified atom stereocenters. The van der Waals surface area contributed by atoms with Crippen LogP contribution >= 0.6 is 0 Å². The Morgan fingerprint density at radius 1 is 1.26 bits per heavy atom. The minimum atomic E-state index is -0.200. The molecule has 0 aliphatic carbocycles. The zero-order chi connectivity index (χ0) is 19.4. The van der Waals surface area contributed by atoms with E-state index in [1.807, 2.05) is 43.3 Å². The molecule has 0 radical (unpaired) electrons. The number of anilines is 2. The average molecular weight is 368 g/mol. The number of rotatable bonds is 6. The fraction of sp³-hybridized carbons (Fsp3) is 0.300. The van der Waals surface area contributed by atoms with E-state index >= 15 is 0 Å². The van der Waals surface area contributed by atoms with Crippen LogP contribution in [0.15, 0.2) is 42.5 Å². The Morgan fingerprint density at radius 3 is 2.74 bits per heavy atom. The van der Waals surface area contributed by atoms with E-state index in [2.05, 4.69) is 10.6 Å². The van der Waals surface area contributed by atoms with Gasteiger partial charge in [0.15, 0.2) is 0 Å². The first-order chi connectivity index (χ1) is 13.0. The van der Waals surface area contributed by atoms with Crippen molar-refractivity contribution in [3.8, 4) is 5.75 Å². The van der Waals surface area contributed by atoms with Crippen molar-refractivity contribution >= 4 is 23.3 Å². The minimum absolute atomic E-state index is 0.189. The number of nitrogens with one attached hydrogen (secondary N) is 2. The Hall–Kier alpha value is -3.22. The third-order valence-electron chi connectivity index (χ3n) is 4.47. The Labute approximate surface area is 158 Å². The molecular weight excluding hydrogens is 344 g/mol. The minimum Gasteiger partial charge on any atom is -0.495 e. The van der Waals surface area contributed by atoms with E-state index < -0.39 is 0 Å². The second-order valence-corrected chi connectivity index (χ2v) is 6.52. The maximum Gasteiger partial charge on any atom is 0.322 e. The van der Waals surface area contributed by atoms with Crippen molar-refractivity contribution in [2.24, 2.45) is 0 Å². The van der Waals surface area contributed by atoms with Crippen molar-refractivity contribution < 1.29 is 14.3 Å². The van der Waals surface area contributed by atoms with Gasteiger partial charge in [-0.2, -0.15) is 0 Å². The van der Waals surface area contributed by atoms with Gasteiger partial charge < -0.3 is 20.3 Å². The average Bonchev–Trinajstić information content (AvgIpc) is 3.11. The predicted molar refractivity (Wildman–Crippen MR) is 106 cm³/mol. The summed E-state index contributed by atoms with van der Waals surface area (Å²) in [5.74, 6) is 0.357. The summed E-state index contributed by atoms with van der Waals surface area (Å²) in [6.45, 7) is 1.53. The van der Waals surface area contributed by atoms with Crippen LogP contribution in [0.5, 0.6) is 5.75 Å². The Bertz CT molecular complexity index is 851. The third kappa shape index (κ3) is 4.13. The Balaban J connectivity index is 1.75. The monoisotopic (exact) mass is 368 g/mol. The largest absolute Gasteiger partial charge is 0.495 e. The number of carbonyl (C=O) groups excluding carboxylic acids is 2. The van der Waals surface area contributed by atoms with Crippen molar-refractivity contribution in [2.45, 2.75) is 6.54 Å². The van der Waals surface area contributed by atoms with Crippen molar-refractivity contribution in [1.82, 2.24) is 10.6 Å². The highest BCUT2D eigenvalue weighted by atomic mass is 16.5. The zero-order valence-corrected chi connectivity index (χ0v) is 15.8. The number of hydrogen-bond donors (Lipinski definition) is 2. The van der Waals surface area contributed by atoms with Gasteiger partial charge in [0.05, 0.1) is 12.8 Å². The molecule has 0 atom stereocenters. The number of benzene rings is 2. The SMILES string of the molecule is COc1ccc(C(=O)NCc2cccc(N(C)C)c2)cc1N1CCNC1=O. The molecule has 1 aliphatic heterocycles. The molecule has 1 heterocycles. The normalized spacial score (nSPS) is 13.3. The second-order valence-electron chi connectivity index (χ2n) is 6.52. The van der Waals surface area contributed by atoms with Gasteiger partial charge in [-0.15, -0.1) is 0 Å². The van der Waals surface area contributed by atoms with Gasteiger partial charge in [-0.3, -0.25) is 9.69 Å². The van der Waals surface area contributed by atoms with Crippen molar-refractivity contribution in [1.29, 1.82) is 0 Å². The second kappa shape index (κ2) is 7.99. The lowest BCUT2D eigenvalue weighted by molar-refractivity contribution is 0.0951. The van der Waals surface area contributed by atoms with Gasteiger partial charge in [-0.25, -0.2) is 4.79 Å². The summed E-state index contributed by atoms with van der Waals surface area (Å²) < 4.78 is 5.35. The zero-order valence-electron chi connectivity index (χ0n) is 15.8. The lowest BCUT2D eigenvalue weighted by Gasteiger charge is -2.18. The molecule has 7 heteroatoms. The van der Waals surface area contributed by atoms with Gasteiger partial charge in [0.25, 0.3) is 5.91 Å². The molecule has 0 bridgehead atoms. The summed E-state index contributed by atoms with van der Waals surface area (Å²) >= 11 is 0. The molecule has 3 rings (SSSR count). The summed E-state index contributed by atoms with van der Waals surface area (Å²) in [7, 11) is 5.50. The van der Waals surface area contributed by atoms with Gasteiger partial charge in [-0.1, -0.05) is 12.1 Å². The number of ether oxygens (including phenoxy) is 1. The number of carbonyl (C=O) groups is 2. The Morgan fingerprint density at radius 2 is 2.07 bits per heavy atom. The van der Waals surface area contributed by atoms with E-state index in [1.165, 1.54) is 0 Å². The standard InChI is InChI=1S/C20H24N4O3/c1-23(2)16-6-4-5-14(11-16)13-22-19(25)15-7-8-18(27-3)17(12-15)24-10-9-21-20(24)26/h4-8,11-12H,9-10,13H2,1-3H3,(H,21,26)(H,22,25). The number of urea groups is 1. The maximum atomic E-state index is 12.6. The lowest BCUT2D eigenvalue weighted by atomic mass is 10.1. The molecule has 2 aromatic rings. The highest BCUT2D eigenvalue weighted by Crippen LogP contribution is 2.30. The maximum absolute atomic E-state index is 12.6. The summed E-state index contributed by atoms with van der Waals surface area (Å²) in [6, 6.07) is 12.9. The third-order valence-corrected chi connectivity index (χ3v) is 4.47. The first kappa shape index (κ1) is 18.6. The number of hydrogen-bond acceptors (Lipinski definition) is 4. The number of methoxy groups -OCH3 is 1. The van der Waals surface area contributed by atoms with Gasteiger partial charge in [0, 0.05) is 45.0 Å². The van der Waals surface area contributed by atoms with E-state index in [1.54, 1.807) is 30.2 Å². The molecular formula is C20H24N4O3. The predicted octanol–water partition coefficient (Wildman–Crippen LogP) is 2.22. The van der Waals surface area contributed by atoms with E-state index in [0.717, 1.165) is 11.3 Å². The molecule has 1 aliphatic rings. The van der Waals surface area contributed by atoms with E-state index in [9.17, 15) is 9.59 Å². The van der Waals surface area contributed by atoms with Crippen LogP contribution in [0.4, 0.5) is 16.2 Å². The van der Waals surface area contributed by atoms with Crippen LogP contribution in [-0.4, -0.2) is 46.2 Å². The van der Waals surface area contributed by atoms with Crippen LogP contribution in [0, 0.1) is 0 Å². The molecule has 2 N–H and O–H groups in total. The molecule has 27 heavy (non-hydrogen) atoms. The van der Waals surface area contributed by atoms with Gasteiger partial charge >= 0.3 is 6.03 Å². The summed E-state index contributed by atoms with van der Waals surface area (Å²) in [4.78, 5) is 28.2. The van der Waals surface area contributed by atoms with Gasteiger partial charge in [0.1, 0.15) is 5.75 Å². The molecule has 142 valence electrons. The van der Waals surface area contributed by atoms with Crippen LogP contribution in [0.25, 0.3) is 0 Å². The topological polar surface area (TPSA) is 73.9 Å². The fourth-order valence-electron chi connectivity index (χ4n) is 2.97. The van der Waals surface area contributed by atoms with Crippen molar-refractivity contribution in [2.75, 3.05) is 44.1 Å². The molecule has 0 spiro atoms. The van der Waals surface area contributed by atoms with Gasteiger partial charge in [-0.05, 0) is 35.9 Å². The Kier molecular flexibility index (Phi) is 5.49. The highest BCUT2D eigenvalue weighted by Gasteiger charge is 2.25. The molecule has 1 fully saturated rings. The summed E-state index contributed by atoms with van der Waals surface area (Å²) in [6.07, 6.45) is 0. The first-order valence-electron chi connectivity index (χ1n) is 8.77. The van der Waals surface area contributed by atoms with E-state index in [0.29, 0.717) is 36.6 Å². The van der Waals surface area contributed by atoms with Gasteiger partial charge in [0.2, 0.25) is 0 Å².